The van der Waals surface area contributed by atoms with E-state index in [4.69, 9.17) is 10.8 Å². The zero-order valence-corrected chi connectivity index (χ0v) is 8.15. The first kappa shape index (κ1) is 12.9. The minimum absolute atomic E-state index is 0. The van der Waals surface area contributed by atoms with Crippen molar-refractivity contribution in [1.82, 2.24) is 0 Å². The third kappa shape index (κ3) is 2.99. The molecule has 0 aliphatic heterocycles. The number of carboxylic acids is 1. The maximum Gasteiger partial charge on any atom is 0.323 e. The highest BCUT2D eigenvalue weighted by Crippen LogP contribution is 2.14. The summed E-state index contributed by atoms with van der Waals surface area (Å²) in [5, 5.41) is 18.0. The lowest BCUT2D eigenvalue weighted by atomic mass is 10.0. The molecule has 0 aromatic heterocycles. The van der Waals surface area contributed by atoms with E-state index in [-0.39, 0.29) is 12.4 Å². The lowest BCUT2D eigenvalue weighted by molar-refractivity contribution is -0.141. The van der Waals surface area contributed by atoms with Gasteiger partial charge in [0.25, 0.3) is 0 Å². The van der Waals surface area contributed by atoms with Crippen LogP contribution in [0.5, 0.6) is 0 Å². The maximum atomic E-state index is 10.4. The van der Waals surface area contributed by atoms with Gasteiger partial charge in [-0.25, -0.2) is 0 Å². The number of rotatable bonds is 3. The van der Waals surface area contributed by atoms with E-state index in [0.29, 0.717) is 5.56 Å². The van der Waals surface area contributed by atoms with Gasteiger partial charge in [-0.2, -0.15) is 0 Å². The summed E-state index contributed by atoms with van der Waals surface area (Å²) in [5.41, 5.74) is 5.75. The molecule has 14 heavy (non-hydrogen) atoms. The second-order valence-electron chi connectivity index (χ2n) is 2.72. The van der Waals surface area contributed by atoms with Crippen LogP contribution in [0.25, 0.3) is 0 Å². The lowest BCUT2D eigenvalue weighted by Crippen LogP contribution is -2.36. The first-order valence-corrected chi connectivity index (χ1v) is 3.84. The number of halogens is 1. The van der Waals surface area contributed by atoms with Gasteiger partial charge in [0.2, 0.25) is 0 Å². The van der Waals surface area contributed by atoms with Crippen molar-refractivity contribution in [2.75, 3.05) is 0 Å². The largest absolute Gasteiger partial charge is 0.480 e. The van der Waals surface area contributed by atoms with E-state index in [0.717, 1.165) is 0 Å². The van der Waals surface area contributed by atoms with E-state index in [1.165, 1.54) is 0 Å². The van der Waals surface area contributed by atoms with Crippen molar-refractivity contribution >= 4 is 18.4 Å². The van der Waals surface area contributed by atoms with E-state index in [1.807, 2.05) is 0 Å². The summed E-state index contributed by atoms with van der Waals surface area (Å²) >= 11 is 0. The van der Waals surface area contributed by atoms with Gasteiger partial charge in [0.1, 0.15) is 12.1 Å². The van der Waals surface area contributed by atoms with Gasteiger partial charge >= 0.3 is 5.97 Å². The molecule has 1 aromatic carbocycles. The fraction of sp³-hybridized carbons (Fsp3) is 0.222. The number of carbonyl (C=O) groups is 1. The van der Waals surface area contributed by atoms with Crippen LogP contribution < -0.4 is 5.73 Å². The van der Waals surface area contributed by atoms with Gasteiger partial charge in [0.05, 0.1) is 0 Å². The first-order chi connectivity index (χ1) is 6.13. The fourth-order valence-corrected chi connectivity index (χ4v) is 0.993. The Hall–Kier alpha value is -1.10. The summed E-state index contributed by atoms with van der Waals surface area (Å²) < 4.78 is 0. The molecule has 0 saturated heterocycles. The molecule has 5 heteroatoms. The van der Waals surface area contributed by atoms with Gasteiger partial charge in [-0.05, 0) is 5.56 Å². The van der Waals surface area contributed by atoms with Crippen LogP contribution in [0.1, 0.15) is 11.7 Å². The van der Waals surface area contributed by atoms with E-state index >= 15 is 0 Å². The zero-order chi connectivity index (χ0) is 9.84. The van der Waals surface area contributed by atoms with Crippen molar-refractivity contribution in [3.05, 3.63) is 35.9 Å². The first-order valence-electron chi connectivity index (χ1n) is 3.84. The Labute approximate surface area is 87.8 Å². The summed E-state index contributed by atoms with van der Waals surface area (Å²) in [4.78, 5) is 10.4. The normalized spacial score (nSPS) is 13.9. The van der Waals surface area contributed by atoms with E-state index in [2.05, 4.69) is 0 Å². The highest BCUT2D eigenvalue weighted by Gasteiger charge is 2.22. The zero-order valence-electron chi connectivity index (χ0n) is 7.33. The van der Waals surface area contributed by atoms with Crippen LogP contribution >= 0.6 is 12.4 Å². The van der Waals surface area contributed by atoms with Crippen LogP contribution in [0, 0.1) is 0 Å². The van der Waals surface area contributed by atoms with Crippen LogP contribution in [0.3, 0.4) is 0 Å². The third-order valence-electron chi connectivity index (χ3n) is 1.77. The Kier molecular flexibility index (Phi) is 5.15. The molecular formula is C9H12ClNO3. The van der Waals surface area contributed by atoms with Crippen LogP contribution in [0.2, 0.25) is 0 Å². The van der Waals surface area contributed by atoms with E-state index in [9.17, 15) is 9.90 Å². The molecule has 0 fully saturated rings. The Morgan fingerprint density at radius 1 is 1.29 bits per heavy atom. The minimum Gasteiger partial charge on any atom is -0.480 e. The van der Waals surface area contributed by atoms with E-state index < -0.39 is 18.1 Å². The molecule has 0 saturated carbocycles. The molecule has 4 nitrogen and oxygen atoms in total. The van der Waals surface area contributed by atoms with Gasteiger partial charge in [0, 0.05) is 0 Å². The van der Waals surface area contributed by atoms with Gasteiger partial charge in [-0.1, -0.05) is 30.3 Å². The Balaban J connectivity index is 0.00000169. The quantitative estimate of drug-likeness (QED) is 0.691. The minimum atomic E-state index is -1.28. The van der Waals surface area contributed by atoms with Crippen molar-refractivity contribution in [3.63, 3.8) is 0 Å². The number of nitrogens with two attached hydrogens (primary N) is 1. The van der Waals surface area contributed by atoms with Gasteiger partial charge in [-0.15, -0.1) is 12.4 Å². The summed E-state index contributed by atoms with van der Waals surface area (Å²) in [6.07, 6.45) is -1.15. The highest BCUT2D eigenvalue weighted by molar-refractivity contribution is 5.85. The van der Waals surface area contributed by atoms with Crippen LogP contribution in [0.15, 0.2) is 30.3 Å². The van der Waals surface area contributed by atoms with Gasteiger partial charge in [-0.3, -0.25) is 4.79 Å². The number of aliphatic hydroxyl groups excluding tert-OH is 1. The summed E-state index contributed by atoms with van der Waals surface area (Å²) in [7, 11) is 0. The number of hydrogen-bond donors (Lipinski definition) is 3. The molecule has 0 amide bonds. The van der Waals surface area contributed by atoms with Crippen LogP contribution in [-0.4, -0.2) is 22.2 Å². The molecule has 0 heterocycles. The molecule has 0 radical (unpaired) electrons. The molecule has 4 N–H and O–H groups in total. The summed E-state index contributed by atoms with van der Waals surface area (Å²) in [6, 6.07) is 7.20. The molecular weight excluding hydrogens is 206 g/mol. The monoisotopic (exact) mass is 217 g/mol. The van der Waals surface area contributed by atoms with E-state index in [1.54, 1.807) is 30.3 Å². The van der Waals surface area contributed by atoms with Crippen molar-refractivity contribution in [1.29, 1.82) is 0 Å². The summed E-state index contributed by atoms with van der Waals surface area (Å²) in [5.74, 6) is -1.21. The van der Waals surface area contributed by atoms with Crippen molar-refractivity contribution in [3.8, 4) is 0 Å². The molecule has 0 aliphatic rings. The van der Waals surface area contributed by atoms with Crippen molar-refractivity contribution in [2.24, 2.45) is 5.73 Å². The smallest absolute Gasteiger partial charge is 0.323 e. The standard InChI is InChI=1S/C9H11NO3.ClH/c10-7(9(12)13)8(11)6-4-2-1-3-5-6;/h1-5,7-8,11H,10H2,(H,12,13);1H/t7-,8+;/m0./s1. The molecule has 1 aromatic rings. The summed E-state index contributed by atoms with van der Waals surface area (Å²) in [6.45, 7) is 0. The number of hydrogen-bond acceptors (Lipinski definition) is 3. The predicted octanol–water partition coefficient (Wildman–Crippen LogP) is 0.554. The lowest BCUT2D eigenvalue weighted by Gasteiger charge is -2.14. The number of aliphatic carboxylic acids is 1. The molecule has 1 rings (SSSR count). The van der Waals surface area contributed by atoms with Gasteiger partial charge in [0.15, 0.2) is 0 Å². The number of aliphatic hydroxyl groups is 1. The second-order valence-corrected chi connectivity index (χ2v) is 2.72. The molecule has 2 atom stereocenters. The van der Waals surface area contributed by atoms with Crippen molar-refractivity contribution in [2.45, 2.75) is 12.1 Å². The topological polar surface area (TPSA) is 83.6 Å². The Morgan fingerprint density at radius 2 is 1.79 bits per heavy atom. The third-order valence-corrected chi connectivity index (χ3v) is 1.77. The maximum absolute atomic E-state index is 10.4. The molecule has 0 bridgehead atoms. The highest BCUT2D eigenvalue weighted by atomic mass is 35.5. The number of benzene rings is 1. The molecule has 0 spiro atoms. The molecule has 78 valence electrons. The van der Waals surface area contributed by atoms with Gasteiger partial charge < -0.3 is 15.9 Å². The SMILES string of the molecule is Cl.N[C@H](C(=O)O)[C@H](O)c1ccccc1. The Bertz CT molecular complexity index is 291. The average molecular weight is 218 g/mol. The molecule has 0 unspecified atom stereocenters. The van der Waals surface area contributed by atoms with Crippen molar-refractivity contribution < 1.29 is 15.0 Å². The predicted molar refractivity (Wildman–Crippen MR) is 54.3 cm³/mol. The fourth-order valence-electron chi connectivity index (χ4n) is 0.993. The second kappa shape index (κ2) is 5.59. The average Bonchev–Trinajstić information content (AvgIpc) is 2.17. The number of carboxylic acid groups (broad SMARTS) is 1. The molecule has 0 aliphatic carbocycles. The van der Waals surface area contributed by atoms with Crippen LogP contribution in [-0.2, 0) is 4.79 Å². The Morgan fingerprint density at radius 3 is 2.21 bits per heavy atom. The van der Waals surface area contributed by atoms with Crippen LogP contribution in [0.4, 0.5) is 0 Å².